The molecule has 2 aromatic heterocycles. The molecule has 62 heavy (non-hydrogen) atoms. The molecule has 2 heteroatoms. The lowest BCUT2D eigenvalue weighted by Gasteiger charge is -2.15. The number of hydrogen-bond acceptors (Lipinski definition) is 0. The van der Waals surface area contributed by atoms with Crippen molar-refractivity contribution in [3.8, 4) is 67.0 Å². The van der Waals surface area contributed by atoms with Crippen LogP contribution in [-0.4, -0.2) is 9.13 Å². The predicted molar refractivity (Wildman–Crippen MR) is 262 cm³/mol. The predicted octanol–water partition coefficient (Wildman–Crippen LogP) is 16.2. The summed E-state index contributed by atoms with van der Waals surface area (Å²) in [4.78, 5) is 0. The van der Waals surface area contributed by atoms with Crippen LogP contribution in [0.3, 0.4) is 0 Å². The topological polar surface area (TPSA) is 9.86 Å². The molecule has 0 aliphatic rings. The minimum absolute atomic E-state index is 1.14. The third kappa shape index (κ3) is 5.96. The van der Waals surface area contributed by atoms with Crippen LogP contribution < -0.4 is 0 Å². The number of benzene rings is 10. The molecule has 0 bridgehead atoms. The van der Waals surface area contributed by atoms with Crippen molar-refractivity contribution in [3.05, 3.63) is 243 Å². The summed E-state index contributed by atoms with van der Waals surface area (Å²) in [5, 5.41) is 4.95. The summed E-state index contributed by atoms with van der Waals surface area (Å²) < 4.78 is 4.87. The first kappa shape index (κ1) is 35.7. The Labute approximate surface area is 360 Å². The summed E-state index contributed by atoms with van der Waals surface area (Å²) in [6.07, 6.45) is 0. The number of hydrogen-bond donors (Lipinski definition) is 0. The van der Waals surface area contributed by atoms with Crippen LogP contribution in [0, 0.1) is 0 Å². The smallest absolute Gasteiger partial charge is 0.0541 e. The lowest BCUT2D eigenvalue weighted by Crippen LogP contribution is -1.97. The van der Waals surface area contributed by atoms with Gasteiger partial charge in [-0.3, -0.25) is 0 Å². The van der Waals surface area contributed by atoms with E-state index in [9.17, 15) is 0 Å². The highest BCUT2D eigenvalue weighted by Crippen LogP contribution is 2.41. The second kappa shape index (κ2) is 14.8. The second-order valence-corrected chi connectivity index (χ2v) is 16.1. The highest BCUT2D eigenvalue weighted by atomic mass is 15.0. The van der Waals surface area contributed by atoms with Gasteiger partial charge in [0.25, 0.3) is 0 Å². The normalized spacial score (nSPS) is 11.5. The molecule has 2 nitrogen and oxygen atoms in total. The Morgan fingerprint density at radius 1 is 0.210 bits per heavy atom. The van der Waals surface area contributed by atoms with Crippen LogP contribution in [0.2, 0.25) is 0 Å². The molecule has 12 rings (SSSR count). The minimum Gasteiger partial charge on any atom is -0.309 e. The fourth-order valence-corrected chi connectivity index (χ4v) is 9.63. The van der Waals surface area contributed by atoms with Crippen molar-refractivity contribution in [2.24, 2.45) is 0 Å². The van der Waals surface area contributed by atoms with Crippen LogP contribution in [0.5, 0.6) is 0 Å². The zero-order chi connectivity index (χ0) is 41.0. The summed E-state index contributed by atoms with van der Waals surface area (Å²) in [5.74, 6) is 0. The molecule has 0 N–H and O–H groups in total. The van der Waals surface area contributed by atoms with E-state index in [4.69, 9.17) is 0 Å². The van der Waals surface area contributed by atoms with Crippen LogP contribution >= 0.6 is 0 Å². The fraction of sp³-hybridized carbons (Fsp3) is 0. The van der Waals surface area contributed by atoms with Crippen molar-refractivity contribution in [2.45, 2.75) is 0 Å². The number of rotatable bonds is 7. The molecule has 10 aromatic carbocycles. The molecule has 2 heterocycles. The van der Waals surface area contributed by atoms with Crippen LogP contribution in [0.15, 0.2) is 243 Å². The molecular formula is C60H40N2. The fourth-order valence-electron chi connectivity index (χ4n) is 9.63. The van der Waals surface area contributed by atoms with Gasteiger partial charge < -0.3 is 9.13 Å². The van der Waals surface area contributed by atoms with Gasteiger partial charge in [-0.1, -0.05) is 188 Å². The van der Waals surface area contributed by atoms with E-state index in [0.29, 0.717) is 0 Å². The van der Waals surface area contributed by atoms with E-state index in [-0.39, 0.29) is 0 Å². The summed E-state index contributed by atoms with van der Waals surface area (Å²) in [7, 11) is 0. The standard InChI is InChI=1S/C60H40N2/c1-4-16-41(17-5-1)42-28-30-45(31-29-42)50-22-10-13-25-56(50)62-58-27-15-12-24-52(58)55-39-47(33-37-60(55)62)46-32-36-59-54(38-46)51-23-11-14-26-57(51)61(59)48-34-35-49(43-18-6-2-7-19-43)53(40-48)44-20-8-3-9-21-44/h1-40H. The van der Waals surface area contributed by atoms with Crippen LogP contribution in [0.4, 0.5) is 0 Å². The third-order valence-corrected chi connectivity index (χ3v) is 12.6. The lowest BCUT2D eigenvalue weighted by atomic mass is 9.94. The molecule has 12 aromatic rings. The second-order valence-electron chi connectivity index (χ2n) is 16.1. The maximum absolute atomic E-state index is 2.44. The Morgan fingerprint density at radius 3 is 1.26 bits per heavy atom. The highest BCUT2D eigenvalue weighted by Gasteiger charge is 2.19. The molecule has 0 radical (unpaired) electrons. The van der Waals surface area contributed by atoms with Crippen molar-refractivity contribution in [1.82, 2.24) is 9.13 Å². The SMILES string of the molecule is c1ccc(-c2ccc(-c3ccccc3-n3c4ccccc4c4cc(-c5ccc6c(c5)c5ccccc5n6-c5ccc(-c6ccccc6)c(-c6ccccc6)c5)ccc43)cc2)cc1. The molecule has 0 fully saturated rings. The molecule has 0 aliphatic carbocycles. The van der Waals surface area contributed by atoms with Gasteiger partial charge >= 0.3 is 0 Å². The quantitative estimate of drug-likeness (QED) is 0.152. The summed E-state index contributed by atoms with van der Waals surface area (Å²) in [6, 6.07) is 88.4. The Morgan fingerprint density at radius 2 is 0.629 bits per heavy atom. The summed E-state index contributed by atoms with van der Waals surface area (Å²) >= 11 is 0. The number of aromatic nitrogens is 2. The van der Waals surface area contributed by atoms with E-state index in [0.717, 1.165) is 5.69 Å². The molecule has 0 amide bonds. The number of fused-ring (bicyclic) bond motifs is 6. The summed E-state index contributed by atoms with van der Waals surface area (Å²) in [5.41, 5.74) is 19.2. The van der Waals surface area contributed by atoms with Crippen molar-refractivity contribution < 1.29 is 0 Å². The maximum Gasteiger partial charge on any atom is 0.0541 e. The average molecular weight is 789 g/mol. The zero-order valence-corrected chi connectivity index (χ0v) is 34.0. The Balaban J connectivity index is 0.981. The van der Waals surface area contributed by atoms with Crippen LogP contribution in [0.1, 0.15) is 0 Å². The Hall–Kier alpha value is -8.20. The Bertz CT molecular complexity index is 3600. The molecule has 0 saturated heterocycles. The van der Waals surface area contributed by atoms with Crippen molar-refractivity contribution in [1.29, 1.82) is 0 Å². The first-order chi connectivity index (χ1) is 30.8. The molecular weight excluding hydrogens is 749 g/mol. The number of nitrogens with zero attached hydrogens (tertiary/aromatic N) is 2. The van der Waals surface area contributed by atoms with Crippen LogP contribution in [0.25, 0.3) is 111 Å². The van der Waals surface area contributed by atoms with Gasteiger partial charge in [0.05, 0.1) is 27.8 Å². The van der Waals surface area contributed by atoms with Gasteiger partial charge in [0.15, 0.2) is 0 Å². The minimum atomic E-state index is 1.14. The van der Waals surface area contributed by atoms with Gasteiger partial charge in [0.1, 0.15) is 0 Å². The van der Waals surface area contributed by atoms with Gasteiger partial charge in [-0.25, -0.2) is 0 Å². The lowest BCUT2D eigenvalue weighted by molar-refractivity contribution is 1.18. The largest absolute Gasteiger partial charge is 0.309 e. The summed E-state index contributed by atoms with van der Waals surface area (Å²) in [6.45, 7) is 0. The maximum atomic E-state index is 2.44. The monoisotopic (exact) mass is 788 g/mol. The van der Waals surface area contributed by atoms with Gasteiger partial charge in [0.2, 0.25) is 0 Å². The van der Waals surface area contributed by atoms with E-state index in [1.807, 2.05) is 0 Å². The van der Waals surface area contributed by atoms with Gasteiger partial charge in [-0.2, -0.15) is 0 Å². The van der Waals surface area contributed by atoms with E-state index >= 15 is 0 Å². The molecule has 0 spiro atoms. The van der Waals surface area contributed by atoms with Gasteiger partial charge in [0, 0.05) is 32.8 Å². The first-order valence-corrected chi connectivity index (χ1v) is 21.3. The van der Waals surface area contributed by atoms with E-state index in [1.54, 1.807) is 0 Å². The zero-order valence-electron chi connectivity index (χ0n) is 34.0. The molecule has 0 atom stereocenters. The van der Waals surface area contributed by atoms with E-state index < -0.39 is 0 Å². The average Bonchev–Trinajstić information content (AvgIpc) is 3.87. The molecule has 0 unspecified atom stereocenters. The van der Waals surface area contributed by atoms with Crippen LogP contribution in [-0.2, 0) is 0 Å². The number of para-hydroxylation sites is 3. The molecule has 0 saturated carbocycles. The highest BCUT2D eigenvalue weighted by molar-refractivity contribution is 6.13. The van der Waals surface area contributed by atoms with Crippen molar-refractivity contribution in [2.75, 3.05) is 0 Å². The van der Waals surface area contributed by atoms with Gasteiger partial charge in [-0.05, 0) is 105 Å². The first-order valence-electron chi connectivity index (χ1n) is 21.3. The molecule has 0 aliphatic heterocycles. The Kier molecular flexibility index (Phi) is 8.53. The molecule has 290 valence electrons. The van der Waals surface area contributed by atoms with E-state index in [2.05, 4.69) is 252 Å². The van der Waals surface area contributed by atoms with Gasteiger partial charge in [-0.15, -0.1) is 0 Å². The van der Waals surface area contributed by atoms with Crippen molar-refractivity contribution >= 4 is 43.6 Å². The van der Waals surface area contributed by atoms with E-state index in [1.165, 1.54) is 105 Å². The van der Waals surface area contributed by atoms with Crippen molar-refractivity contribution in [3.63, 3.8) is 0 Å². The third-order valence-electron chi connectivity index (χ3n) is 12.6.